The molecule has 44 heavy (non-hydrogen) atoms. The quantitative estimate of drug-likeness (QED) is 0.192. The van der Waals surface area contributed by atoms with Crippen LogP contribution in [0, 0.1) is 0 Å². The Labute approximate surface area is 262 Å². The average Bonchev–Trinajstić information content (AvgIpc) is 3.50. The number of thiazole rings is 1. The van der Waals surface area contributed by atoms with Crippen LogP contribution in [0.25, 0.3) is 17.0 Å². The third-order valence-corrected chi connectivity index (χ3v) is 8.79. The first-order valence-corrected chi connectivity index (χ1v) is 15.0. The van der Waals surface area contributed by atoms with E-state index in [0.717, 1.165) is 32.4 Å². The van der Waals surface area contributed by atoms with E-state index in [1.807, 2.05) is 53.2 Å². The van der Waals surface area contributed by atoms with Crippen LogP contribution in [0.5, 0.6) is 0 Å². The Kier molecular flexibility index (Phi) is 8.00. The molecule has 0 amide bonds. The van der Waals surface area contributed by atoms with Crippen molar-refractivity contribution in [1.29, 1.82) is 0 Å². The number of para-hydroxylation sites is 1. The van der Waals surface area contributed by atoms with Crippen molar-refractivity contribution in [3.63, 3.8) is 0 Å². The molecule has 0 bridgehead atoms. The number of fused-ring (bicyclic) bond motifs is 2. The molecular formula is C32H22Cl2F3N3O3S. The first-order chi connectivity index (χ1) is 21.1. The van der Waals surface area contributed by atoms with Gasteiger partial charge in [-0.25, -0.2) is 9.79 Å². The maximum Gasteiger partial charge on any atom is 0.434 e. The number of nitrogens with zero attached hydrogens (tertiary/aromatic N) is 3. The zero-order valence-electron chi connectivity index (χ0n) is 22.9. The number of carbonyl (C=O) groups is 1. The van der Waals surface area contributed by atoms with Crippen LogP contribution in [0.1, 0.15) is 29.7 Å². The molecule has 0 aliphatic carbocycles. The summed E-state index contributed by atoms with van der Waals surface area (Å²) in [5.74, 6) is -1.21. The summed E-state index contributed by atoms with van der Waals surface area (Å²) in [6.45, 7) is 1.79. The molecular weight excluding hydrogens is 634 g/mol. The zero-order chi connectivity index (χ0) is 31.2. The van der Waals surface area contributed by atoms with Crippen molar-refractivity contribution in [2.75, 3.05) is 6.61 Å². The van der Waals surface area contributed by atoms with Gasteiger partial charge in [-0.3, -0.25) is 9.36 Å². The zero-order valence-corrected chi connectivity index (χ0v) is 25.3. The molecule has 0 saturated carbocycles. The highest BCUT2D eigenvalue weighted by atomic mass is 35.5. The number of carbonyl (C=O) groups excluding carboxylic acids is 1. The van der Waals surface area contributed by atoms with Gasteiger partial charge in [0, 0.05) is 39.3 Å². The van der Waals surface area contributed by atoms with Gasteiger partial charge >= 0.3 is 12.1 Å². The summed E-state index contributed by atoms with van der Waals surface area (Å²) >= 11 is 13.3. The summed E-state index contributed by atoms with van der Waals surface area (Å²) in [6.07, 6.45) is -1.49. The molecule has 1 aliphatic heterocycles. The van der Waals surface area contributed by atoms with Gasteiger partial charge in [0.2, 0.25) is 0 Å². The third kappa shape index (κ3) is 5.49. The van der Waals surface area contributed by atoms with Crippen molar-refractivity contribution in [2.45, 2.75) is 25.7 Å². The second-order valence-electron chi connectivity index (χ2n) is 9.94. The molecule has 0 saturated heterocycles. The van der Waals surface area contributed by atoms with Crippen LogP contribution in [0.15, 0.2) is 100 Å². The summed E-state index contributed by atoms with van der Waals surface area (Å²) < 4.78 is 51.5. The predicted octanol–water partition coefficient (Wildman–Crippen LogP) is 6.65. The minimum atomic E-state index is -4.99. The Morgan fingerprint density at radius 1 is 1.05 bits per heavy atom. The molecule has 5 aromatic rings. The molecule has 1 atom stereocenters. The van der Waals surface area contributed by atoms with Crippen LogP contribution < -0.4 is 14.9 Å². The Hall–Kier alpha value is -4.12. The number of aromatic nitrogens is 2. The predicted molar refractivity (Wildman–Crippen MR) is 165 cm³/mol. The fraction of sp³-hybridized carbons (Fsp3) is 0.156. The van der Waals surface area contributed by atoms with E-state index in [2.05, 4.69) is 4.99 Å². The average molecular weight is 657 g/mol. The van der Waals surface area contributed by atoms with E-state index in [-0.39, 0.29) is 21.5 Å². The van der Waals surface area contributed by atoms with E-state index in [0.29, 0.717) is 22.2 Å². The van der Waals surface area contributed by atoms with E-state index in [1.54, 1.807) is 12.1 Å². The van der Waals surface area contributed by atoms with Gasteiger partial charge in [-0.05, 0) is 48.4 Å². The molecule has 0 spiro atoms. The molecule has 224 valence electrons. The number of ether oxygens (including phenoxy) is 1. The standard InChI is InChI=1S/C32H22Cl2F3N3O3S/c1-2-43-30(42)26-27(18-11-13-21(33)14-12-18)40-29(41)25(44-31(40)38-28(26)32(35,36)37)15-20-17-39(24-10-6-4-8-22(20)24)16-19-7-3-5-9-23(19)34/h3-15,17,27H,2,16H2,1H3/b25-15-/t27-/m0/s1. The first-order valence-electron chi connectivity index (χ1n) is 13.4. The minimum Gasteiger partial charge on any atom is -0.463 e. The number of alkyl halides is 3. The lowest BCUT2D eigenvalue weighted by atomic mass is 9.95. The van der Waals surface area contributed by atoms with Crippen LogP contribution in [0.3, 0.4) is 0 Å². The molecule has 12 heteroatoms. The molecule has 6 nitrogen and oxygen atoms in total. The fourth-order valence-electron chi connectivity index (χ4n) is 5.27. The van der Waals surface area contributed by atoms with Crippen LogP contribution in [0.2, 0.25) is 10.0 Å². The normalized spacial score (nSPS) is 15.4. The number of benzene rings is 3. The van der Waals surface area contributed by atoms with Crippen molar-refractivity contribution in [3.8, 4) is 0 Å². The number of esters is 1. The molecule has 2 aromatic heterocycles. The number of allylic oxidation sites excluding steroid dienone is 1. The van der Waals surface area contributed by atoms with Gasteiger partial charge in [-0.2, -0.15) is 13.2 Å². The van der Waals surface area contributed by atoms with Crippen LogP contribution >= 0.6 is 34.5 Å². The summed E-state index contributed by atoms with van der Waals surface area (Å²) in [6, 6.07) is 19.5. The van der Waals surface area contributed by atoms with Crippen molar-refractivity contribution < 1.29 is 22.7 Å². The molecule has 0 unspecified atom stereocenters. The minimum absolute atomic E-state index is 0.148. The van der Waals surface area contributed by atoms with Gasteiger partial charge in [0.15, 0.2) is 10.5 Å². The van der Waals surface area contributed by atoms with Crippen LogP contribution in [-0.4, -0.2) is 27.9 Å². The molecule has 0 N–H and O–H groups in total. The maximum absolute atomic E-state index is 14.4. The molecule has 0 fully saturated rings. The lowest BCUT2D eigenvalue weighted by Crippen LogP contribution is -2.41. The van der Waals surface area contributed by atoms with Gasteiger partial charge in [-0.1, -0.05) is 83.1 Å². The van der Waals surface area contributed by atoms with Crippen molar-refractivity contribution in [3.05, 3.63) is 137 Å². The van der Waals surface area contributed by atoms with Crippen LogP contribution in [-0.2, 0) is 16.1 Å². The Morgan fingerprint density at radius 3 is 2.45 bits per heavy atom. The second-order valence-corrected chi connectivity index (χ2v) is 11.8. The maximum atomic E-state index is 14.4. The topological polar surface area (TPSA) is 65.6 Å². The number of rotatable bonds is 6. The van der Waals surface area contributed by atoms with Gasteiger partial charge in [-0.15, -0.1) is 0 Å². The molecule has 3 heterocycles. The lowest BCUT2D eigenvalue weighted by Gasteiger charge is -2.26. The SMILES string of the molecule is CCOC(=O)C1=C(C(F)(F)F)N=c2s/c(=C\c3cn(Cc4ccccc4Cl)c4ccccc34)c(=O)n2[C@H]1c1ccc(Cl)cc1. The van der Waals surface area contributed by atoms with Crippen molar-refractivity contribution >= 4 is 57.5 Å². The number of halogens is 5. The van der Waals surface area contributed by atoms with Gasteiger partial charge in [0.05, 0.1) is 22.8 Å². The van der Waals surface area contributed by atoms with Crippen LogP contribution in [0.4, 0.5) is 13.2 Å². The largest absolute Gasteiger partial charge is 0.463 e. The summed E-state index contributed by atoms with van der Waals surface area (Å²) in [7, 11) is 0. The smallest absolute Gasteiger partial charge is 0.434 e. The van der Waals surface area contributed by atoms with Crippen molar-refractivity contribution in [2.24, 2.45) is 4.99 Å². The fourth-order valence-corrected chi connectivity index (χ4v) is 6.59. The molecule has 1 aliphatic rings. The van der Waals surface area contributed by atoms with Gasteiger partial charge < -0.3 is 9.30 Å². The van der Waals surface area contributed by atoms with E-state index >= 15 is 0 Å². The van der Waals surface area contributed by atoms with E-state index in [4.69, 9.17) is 27.9 Å². The molecule has 6 rings (SSSR count). The number of hydrogen-bond acceptors (Lipinski definition) is 5. The highest BCUT2D eigenvalue weighted by molar-refractivity contribution is 7.07. The molecule has 3 aromatic carbocycles. The highest BCUT2D eigenvalue weighted by Gasteiger charge is 2.45. The Balaban J connectivity index is 1.57. The first kappa shape index (κ1) is 29.9. The Bertz CT molecular complexity index is 2130. The summed E-state index contributed by atoms with van der Waals surface area (Å²) in [4.78, 5) is 30.7. The lowest BCUT2D eigenvalue weighted by molar-refractivity contribution is -0.140. The van der Waals surface area contributed by atoms with E-state index in [1.165, 1.54) is 31.2 Å². The van der Waals surface area contributed by atoms with Crippen molar-refractivity contribution in [1.82, 2.24) is 9.13 Å². The highest BCUT2D eigenvalue weighted by Crippen LogP contribution is 2.38. The number of hydrogen-bond donors (Lipinski definition) is 0. The van der Waals surface area contributed by atoms with E-state index < -0.39 is 35.0 Å². The monoisotopic (exact) mass is 655 g/mol. The Morgan fingerprint density at radius 2 is 1.75 bits per heavy atom. The van der Waals surface area contributed by atoms with Gasteiger partial charge in [0.25, 0.3) is 5.56 Å². The molecule has 0 radical (unpaired) electrons. The van der Waals surface area contributed by atoms with E-state index in [9.17, 15) is 22.8 Å². The third-order valence-electron chi connectivity index (χ3n) is 7.19. The second kappa shape index (κ2) is 11.8. The van der Waals surface area contributed by atoms with Gasteiger partial charge in [0.1, 0.15) is 0 Å². The summed E-state index contributed by atoms with van der Waals surface area (Å²) in [5.41, 5.74) is -0.0548. The summed E-state index contributed by atoms with van der Waals surface area (Å²) in [5, 5.41) is 1.79.